The van der Waals surface area contributed by atoms with Gasteiger partial charge in [0.2, 0.25) is 0 Å². The van der Waals surface area contributed by atoms with E-state index >= 15 is 0 Å². The molecule has 1 aromatic rings. The van der Waals surface area contributed by atoms with Gasteiger partial charge in [-0.25, -0.2) is 0 Å². The molecule has 0 atom stereocenters. The first kappa shape index (κ1) is 12.8. The highest BCUT2D eigenvalue weighted by Crippen LogP contribution is 2.11. The van der Waals surface area contributed by atoms with Crippen molar-refractivity contribution in [1.29, 1.82) is 0 Å². The third kappa shape index (κ3) is 4.99. The highest BCUT2D eigenvalue weighted by atomic mass is 16.5. The average molecular weight is 219 g/mol. The van der Waals surface area contributed by atoms with Crippen LogP contribution in [-0.2, 0) is 6.42 Å². The number of ether oxygens (including phenoxy) is 1. The molecule has 0 heterocycles. The molecule has 0 radical (unpaired) electrons. The van der Waals surface area contributed by atoms with E-state index in [1.54, 1.807) is 7.11 Å². The van der Waals surface area contributed by atoms with Crippen LogP contribution in [0.1, 0.15) is 19.4 Å². The lowest BCUT2D eigenvalue weighted by atomic mass is 10.1. The SMILES string of the molecule is COc1ccc(CCNCC=C(C)C)cc1. The van der Waals surface area contributed by atoms with Crippen LogP contribution < -0.4 is 10.1 Å². The van der Waals surface area contributed by atoms with E-state index in [-0.39, 0.29) is 0 Å². The molecule has 0 amide bonds. The summed E-state index contributed by atoms with van der Waals surface area (Å²) >= 11 is 0. The Labute approximate surface area is 98.3 Å². The molecule has 0 unspecified atom stereocenters. The molecule has 1 rings (SSSR count). The van der Waals surface area contributed by atoms with E-state index in [4.69, 9.17) is 4.74 Å². The molecule has 88 valence electrons. The molecular weight excluding hydrogens is 198 g/mol. The number of rotatable bonds is 6. The van der Waals surface area contributed by atoms with Crippen molar-refractivity contribution < 1.29 is 4.74 Å². The quantitative estimate of drug-likeness (QED) is 0.587. The maximum absolute atomic E-state index is 5.12. The first-order valence-electron chi connectivity index (χ1n) is 5.69. The summed E-state index contributed by atoms with van der Waals surface area (Å²) in [5, 5.41) is 3.39. The van der Waals surface area contributed by atoms with Crippen molar-refractivity contribution in [2.45, 2.75) is 20.3 Å². The Bertz CT molecular complexity index is 323. The Balaban J connectivity index is 2.24. The standard InChI is InChI=1S/C14H21NO/c1-12(2)8-10-15-11-9-13-4-6-14(16-3)7-5-13/h4-8,15H,9-11H2,1-3H3. The van der Waals surface area contributed by atoms with E-state index in [0.717, 1.165) is 25.3 Å². The van der Waals surface area contributed by atoms with Gasteiger partial charge in [0.05, 0.1) is 7.11 Å². The summed E-state index contributed by atoms with van der Waals surface area (Å²) in [5.74, 6) is 0.918. The molecule has 0 aliphatic heterocycles. The summed E-state index contributed by atoms with van der Waals surface area (Å²) in [7, 11) is 1.69. The van der Waals surface area contributed by atoms with Crippen molar-refractivity contribution in [2.75, 3.05) is 20.2 Å². The van der Waals surface area contributed by atoms with E-state index in [2.05, 4.69) is 37.4 Å². The summed E-state index contributed by atoms with van der Waals surface area (Å²) in [4.78, 5) is 0. The second-order valence-electron chi connectivity index (χ2n) is 4.08. The second kappa shape index (κ2) is 7.07. The van der Waals surface area contributed by atoms with Gasteiger partial charge in [-0.15, -0.1) is 0 Å². The number of allylic oxidation sites excluding steroid dienone is 1. The number of hydrogen-bond donors (Lipinski definition) is 1. The third-order valence-electron chi connectivity index (χ3n) is 2.40. The van der Waals surface area contributed by atoms with Crippen molar-refractivity contribution in [2.24, 2.45) is 0 Å². The first-order valence-corrected chi connectivity index (χ1v) is 5.69. The summed E-state index contributed by atoms with van der Waals surface area (Å²) in [6.07, 6.45) is 3.26. The molecule has 1 aromatic carbocycles. The Morgan fingerprint density at radius 3 is 2.50 bits per heavy atom. The van der Waals surface area contributed by atoms with Crippen LogP contribution >= 0.6 is 0 Å². The summed E-state index contributed by atoms with van der Waals surface area (Å²) < 4.78 is 5.12. The normalized spacial score (nSPS) is 9.94. The van der Waals surface area contributed by atoms with Crippen molar-refractivity contribution in [3.05, 3.63) is 41.5 Å². The molecule has 2 nitrogen and oxygen atoms in total. The van der Waals surface area contributed by atoms with Gasteiger partial charge in [0.1, 0.15) is 5.75 Å². The molecule has 0 aliphatic carbocycles. The fourth-order valence-corrected chi connectivity index (χ4v) is 1.40. The van der Waals surface area contributed by atoms with Crippen LogP contribution in [0.4, 0.5) is 0 Å². The van der Waals surface area contributed by atoms with Gasteiger partial charge in [-0.3, -0.25) is 0 Å². The first-order chi connectivity index (χ1) is 7.72. The third-order valence-corrected chi connectivity index (χ3v) is 2.40. The van der Waals surface area contributed by atoms with Crippen molar-refractivity contribution >= 4 is 0 Å². The predicted octanol–water partition coefficient (Wildman–Crippen LogP) is 2.79. The molecule has 0 aromatic heterocycles. The van der Waals surface area contributed by atoms with Crippen LogP contribution in [0.2, 0.25) is 0 Å². The van der Waals surface area contributed by atoms with Gasteiger partial charge < -0.3 is 10.1 Å². The Morgan fingerprint density at radius 1 is 1.25 bits per heavy atom. The zero-order valence-electron chi connectivity index (χ0n) is 10.4. The zero-order chi connectivity index (χ0) is 11.8. The molecule has 0 saturated heterocycles. The lowest BCUT2D eigenvalue weighted by Gasteiger charge is -2.04. The molecule has 0 bridgehead atoms. The molecule has 0 saturated carbocycles. The molecule has 16 heavy (non-hydrogen) atoms. The van der Waals surface area contributed by atoms with Crippen LogP contribution in [0.3, 0.4) is 0 Å². The van der Waals surface area contributed by atoms with Crippen LogP contribution in [0.5, 0.6) is 5.75 Å². The van der Waals surface area contributed by atoms with Gasteiger partial charge in [-0.05, 0) is 44.5 Å². The highest BCUT2D eigenvalue weighted by Gasteiger charge is 1.93. The lowest BCUT2D eigenvalue weighted by Crippen LogP contribution is -2.17. The van der Waals surface area contributed by atoms with E-state index in [1.165, 1.54) is 11.1 Å². The monoisotopic (exact) mass is 219 g/mol. The van der Waals surface area contributed by atoms with Gasteiger partial charge in [-0.2, -0.15) is 0 Å². The second-order valence-corrected chi connectivity index (χ2v) is 4.08. The van der Waals surface area contributed by atoms with Gasteiger partial charge in [0.25, 0.3) is 0 Å². The molecule has 2 heteroatoms. The zero-order valence-corrected chi connectivity index (χ0v) is 10.4. The van der Waals surface area contributed by atoms with Crippen LogP contribution in [-0.4, -0.2) is 20.2 Å². The van der Waals surface area contributed by atoms with Crippen LogP contribution in [0.15, 0.2) is 35.9 Å². The van der Waals surface area contributed by atoms with E-state index < -0.39 is 0 Å². The molecule has 1 N–H and O–H groups in total. The Morgan fingerprint density at radius 2 is 1.94 bits per heavy atom. The lowest BCUT2D eigenvalue weighted by molar-refractivity contribution is 0.414. The van der Waals surface area contributed by atoms with E-state index in [1.807, 2.05) is 12.1 Å². The number of hydrogen-bond acceptors (Lipinski definition) is 2. The smallest absolute Gasteiger partial charge is 0.118 e. The largest absolute Gasteiger partial charge is 0.497 e. The minimum Gasteiger partial charge on any atom is -0.497 e. The average Bonchev–Trinajstić information content (AvgIpc) is 2.29. The summed E-state index contributed by atoms with van der Waals surface area (Å²) in [6, 6.07) is 8.24. The Kier molecular flexibility index (Phi) is 5.65. The molecule has 0 fully saturated rings. The van der Waals surface area contributed by atoms with Gasteiger partial charge >= 0.3 is 0 Å². The Hall–Kier alpha value is -1.28. The maximum Gasteiger partial charge on any atom is 0.118 e. The molecular formula is C14H21NO. The number of nitrogens with one attached hydrogen (secondary N) is 1. The fraction of sp³-hybridized carbons (Fsp3) is 0.429. The summed E-state index contributed by atoms with van der Waals surface area (Å²) in [5.41, 5.74) is 2.70. The van der Waals surface area contributed by atoms with Crippen molar-refractivity contribution in [3.8, 4) is 5.75 Å². The minimum atomic E-state index is 0.918. The maximum atomic E-state index is 5.12. The predicted molar refractivity (Wildman–Crippen MR) is 69.0 cm³/mol. The van der Waals surface area contributed by atoms with Crippen molar-refractivity contribution in [1.82, 2.24) is 5.32 Å². The topological polar surface area (TPSA) is 21.3 Å². The minimum absolute atomic E-state index is 0.918. The highest BCUT2D eigenvalue weighted by molar-refractivity contribution is 5.27. The van der Waals surface area contributed by atoms with Gasteiger partial charge in [-0.1, -0.05) is 23.8 Å². The van der Waals surface area contributed by atoms with Gasteiger partial charge in [0.15, 0.2) is 0 Å². The molecule has 0 spiro atoms. The van der Waals surface area contributed by atoms with Crippen molar-refractivity contribution in [3.63, 3.8) is 0 Å². The fourth-order valence-electron chi connectivity index (χ4n) is 1.40. The van der Waals surface area contributed by atoms with Crippen LogP contribution in [0, 0.1) is 0 Å². The van der Waals surface area contributed by atoms with Gasteiger partial charge in [0, 0.05) is 6.54 Å². The van der Waals surface area contributed by atoms with E-state index in [9.17, 15) is 0 Å². The van der Waals surface area contributed by atoms with E-state index in [0.29, 0.717) is 0 Å². The number of methoxy groups -OCH3 is 1. The summed E-state index contributed by atoms with van der Waals surface area (Å²) in [6.45, 7) is 6.20. The van der Waals surface area contributed by atoms with Crippen LogP contribution in [0.25, 0.3) is 0 Å². The molecule has 0 aliphatic rings. The number of benzene rings is 1.